The van der Waals surface area contributed by atoms with Crippen LogP contribution >= 0.6 is 11.3 Å². The minimum atomic E-state index is -3.42. The highest BCUT2D eigenvalue weighted by atomic mass is 32.2. The summed E-state index contributed by atoms with van der Waals surface area (Å²) in [4.78, 5) is 0.993. The van der Waals surface area contributed by atoms with Crippen molar-refractivity contribution in [1.82, 2.24) is 4.31 Å². The normalized spacial score (nSPS) is 11.9. The first kappa shape index (κ1) is 15.0. The molecule has 0 spiro atoms. The molecule has 2 N–H and O–H groups in total. The maximum absolute atomic E-state index is 12.6. The molecule has 0 bridgehead atoms. The summed E-state index contributed by atoms with van der Waals surface area (Å²) in [6.07, 6.45) is 0. The molecule has 6 heteroatoms. The van der Waals surface area contributed by atoms with Gasteiger partial charge in [-0.15, -0.1) is 11.3 Å². The predicted molar refractivity (Wildman–Crippen MR) is 83.2 cm³/mol. The van der Waals surface area contributed by atoms with Gasteiger partial charge in [-0.05, 0) is 36.8 Å². The van der Waals surface area contributed by atoms with Crippen molar-refractivity contribution < 1.29 is 8.42 Å². The number of sulfonamides is 1. The van der Waals surface area contributed by atoms with Crippen LogP contribution in [-0.2, 0) is 16.6 Å². The number of rotatable bonds is 5. The second-order valence-corrected chi connectivity index (χ2v) is 7.99. The fraction of sp³-hybridized carbons (Fsp3) is 0.286. The van der Waals surface area contributed by atoms with Gasteiger partial charge < -0.3 is 5.73 Å². The summed E-state index contributed by atoms with van der Waals surface area (Å²) < 4.78 is 27.0. The molecule has 0 fully saturated rings. The van der Waals surface area contributed by atoms with Crippen molar-refractivity contribution in [2.24, 2.45) is 0 Å². The molecule has 1 aromatic heterocycles. The Hall–Kier alpha value is -1.37. The van der Waals surface area contributed by atoms with Gasteiger partial charge in [-0.2, -0.15) is 4.31 Å². The van der Waals surface area contributed by atoms with Gasteiger partial charge in [0.1, 0.15) is 4.21 Å². The van der Waals surface area contributed by atoms with E-state index in [9.17, 15) is 8.42 Å². The average molecular weight is 310 g/mol. The Morgan fingerprint density at radius 2 is 1.80 bits per heavy atom. The number of nitrogens with two attached hydrogens (primary N) is 1. The van der Waals surface area contributed by atoms with Gasteiger partial charge in [0.15, 0.2) is 0 Å². The third-order valence-electron chi connectivity index (χ3n) is 3.00. The molecule has 0 unspecified atom stereocenters. The molecule has 0 aliphatic rings. The molecule has 0 saturated carbocycles. The van der Waals surface area contributed by atoms with Crippen LogP contribution in [0.15, 0.2) is 40.6 Å². The van der Waals surface area contributed by atoms with Crippen molar-refractivity contribution in [1.29, 1.82) is 0 Å². The third-order valence-corrected chi connectivity index (χ3v) is 6.39. The van der Waals surface area contributed by atoms with Gasteiger partial charge in [-0.1, -0.05) is 19.1 Å². The largest absolute Gasteiger partial charge is 0.399 e. The van der Waals surface area contributed by atoms with Gasteiger partial charge in [0.2, 0.25) is 0 Å². The van der Waals surface area contributed by atoms with E-state index in [1.165, 1.54) is 15.6 Å². The minimum Gasteiger partial charge on any atom is -0.399 e. The van der Waals surface area contributed by atoms with Crippen molar-refractivity contribution in [2.45, 2.75) is 24.6 Å². The smallest absolute Gasteiger partial charge is 0.252 e. The SMILES string of the molecule is CCN(Cc1ccc(N)cc1)S(=O)(=O)c1ccc(C)s1. The summed E-state index contributed by atoms with van der Waals surface area (Å²) in [6.45, 7) is 4.54. The van der Waals surface area contributed by atoms with Crippen LogP contribution in [0.4, 0.5) is 5.69 Å². The molecule has 1 aromatic carbocycles. The molecule has 0 aliphatic heterocycles. The topological polar surface area (TPSA) is 63.4 Å². The molecular weight excluding hydrogens is 292 g/mol. The van der Waals surface area contributed by atoms with E-state index in [-0.39, 0.29) is 0 Å². The summed E-state index contributed by atoms with van der Waals surface area (Å²) in [7, 11) is -3.42. The first-order valence-electron chi connectivity index (χ1n) is 6.34. The highest BCUT2D eigenvalue weighted by Gasteiger charge is 2.24. The lowest BCUT2D eigenvalue weighted by atomic mass is 10.2. The highest BCUT2D eigenvalue weighted by Crippen LogP contribution is 2.25. The van der Waals surface area contributed by atoms with Crippen LogP contribution in [0.25, 0.3) is 0 Å². The Balaban J connectivity index is 2.25. The second-order valence-electron chi connectivity index (χ2n) is 4.54. The molecule has 0 aliphatic carbocycles. The van der Waals surface area contributed by atoms with Gasteiger partial charge >= 0.3 is 0 Å². The molecule has 0 saturated heterocycles. The number of hydrogen-bond donors (Lipinski definition) is 1. The number of aryl methyl sites for hydroxylation is 1. The molecule has 2 aromatic rings. The Morgan fingerprint density at radius 3 is 2.30 bits per heavy atom. The molecule has 20 heavy (non-hydrogen) atoms. The highest BCUT2D eigenvalue weighted by molar-refractivity contribution is 7.91. The minimum absolute atomic E-state index is 0.357. The Bertz CT molecular complexity index is 675. The van der Waals surface area contributed by atoms with Gasteiger partial charge in [0.05, 0.1) is 0 Å². The van der Waals surface area contributed by atoms with Crippen LogP contribution in [0.3, 0.4) is 0 Å². The van der Waals surface area contributed by atoms with Crippen LogP contribution in [0, 0.1) is 6.92 Å². The second kappa shape index (κ2) is 5.95. The summed E-state index contributed by atoms with van der Waals surface area (Å²) in [5.74, 6) is 0. The number of hydrogen-bond acceptors (Lipinski definition) is 4. The zero-order chi connectivity index (χ0) is 14.8. The molecule has 0 radical (unpaired) electrons. The maximum atomic E-state index is 12.6. The van der Waals surface area contributed by atoms with Crippen molar-refractivity contribution in [3.8, 4) is 0 Å². The summed E-state index contributed by atoms with van der Waals surface area (Å²) in [5.41, 5.74) is 7.24. The first-order chi connectivity index (χ1) is 9.43. The zero-order valence-electron chi connectivity index (χ0n) is 11.5. The van der Waals surface area contributed by atoms with Crippen LogP contribution in [0.2, 0.25) is 0 Å². The fourth-order valence-corrected chi connectivity index (χ4v) is 4.75. The van der Waals surface area contributed by atoms with Crippen LogP contribution in [0.5, 0.6) is 0 Å². The lowest BCUT2D eigenvalue weighted by Gasteiger charge is -2.19. The number of nitrogen functional groups attached to an aromatic ring is 1. The maximum Gasteiger partial charge on any atom is 0.252 e. The molecule has 1 heterocycles. The van der Waals surface area contributed by atoms with Gasteiger partial charge in [0.25, 0.3) is 10.0 Å². The van der Waals surface area contributed by atoms with Crippen molar-refractivity contribution in [3.05, 3.63) is 46.8 Å². The van der Waals surface area contributed by atoms with Crippen molar-refractivity contribution in [3.63, 3.8) is 0 Å². The Labute approximate surface area is 123 Å². The molecule has 4 nitrogen and oxygen atoms in total. The molecule has 2 rings (SSSR count). The average Bonchev–Trinajstić information content (AvgIpc) is 2.85. The third kappa shape index (κ3) is 3.20. The van der Waals surface area contributed by atoms with E-state index in [4.69, 9.17) is 5.73 Å². The van der Waals surface area contributed by atoms with Gasteiger partial charge in [-0.3, -0.25) is 0 Å². The summed E-state index contributed by atoms with van der Waals surface area (Å²) in [6, 6.07) is 10.8. The fourth-order valence-electron chi connectivity index (χ4n) is 1.87. The quantitative estimate of drug-likeness (QED) is 0.864. The molecular formula is C14H18N2O2S2. The molecule has 108 valence electrons. The number of thiophene rings is 1. The van der Waals surface area contributed by atoms with E-state index in [2.05, 4.69) is 0 Å². The molecule has 0 amide bonds. The molecule has 0 atom stereocenters. The standard InChI is InChI=1S/C14H18N2O2S2/c1-3-16(10-12-5-7-13(15)8-6-12)20(17,18)14-9-4-11(2)19-14/h4-9H,3,10,15H2,1-2H3. The van der Waals surface area contributed by atoms with Crippen molar-refractivity contribution >= 4 is 27.0 Å². The van der Waals surface area contributed by atoms with Gasteiger partial charge in [0, 0.05) is 23.7 Å². The van der Waals surface area contributed by atoms with E-state index in [1.54, 1.807) is 18.2 Å². The first-order valence-corrected chi connectivity index (χ1v) is 8.60. The Morgan fingerprint density at radius 1 is 1.15 bits per heavy atom. The summed E-state index contributed by atoms with van der Waals surface area (Å²) >= 11 is 1.30. The van der Waals surface area contributed by atoms with E-state index in [0.717, 1.165) is 10.4 Å². The lowest BCUT2D eigenvalue weighted by Crippen LogP contribution is -2.29. The Kier molecular flexibility index (Phi) is 4.47. The van der Waals surface area contributed by atoms with Crippen molar-refractivity contribution in [2.75, 3.05) is 12.3 Å². The van der Waals surface area contributed by atoms with Crippen LogP contribution < -0.4 is 5.73 Å². The van der Waals surface area contributed by atoms with E-state index in [0.29, 0.717) is 23.0 Å². The van der Waals surface area contributed by atoms with E-state index < -0.39 is 10.0 Å². The van der Waals surface area contributed by atoms with Crippen LogP contribution in [-0.4, -0.2) is 19.3 Å². The zero-order valence-corrected chi connectivity index (χ0v) is 13.2. The predicted octanol–water partition coefficient (Wildman–Crippen LogP) is 2.85. The lowest BCUT2D eigenvalue weighted by molar-refractivity contribution is 0.425. The van der Waals surface area contributed by atoms with E-state index in [1.807, 2.05) is 32.0 Å². The van der Waals surface area contributed by atoms with Crippen LogP contribution in [0.1, 0.15) is 17.4 Å². The van der Waals surface area contributed by atoms with E-state index >= 15 is 0 Å². The number of anilines is 1. The summed E-state index contributed by atoms with van der Waals surface area (Å²) in [5, 5.41) is 0. The monoisotopic (exact) mass is 310 g/mol. The number of benzene rings is 1. The van der Waals surface area contributed by atoms with Gasteiger partial charge in [-0.25, -0.2) is 8.42 Å². The number of nitrogens with zero attached hydrogens (tertiary/aromatic N) is 1.